The minimum atomic E-state index is -0.372. The Balaban J connectivity index is 1.58. The van der Waals surface area contributed by atoms with Crippen molar-refractivity contribution in [3.63, 3.8) is 0 Å². The normalized spacial score (nSPS) is 10.4. The molecule has 1 amide bonds. The molecule has 2 heterocycles. The number of rotatable bonds is 5. The highest BCUT2D eigenvalue weighted by Gasteiger charge is 2.15. The van der Waals surface area contributed by atoms with E-state index in [9.17, 15) is 4.79 Å². The Labute approximate surface area is 127 Å². The molecule has 0 saturated carbocycles. The molecule has 0 aliphatic heterocycles. The summed E-state index contributed by atoms with van der Waals surface area (Å²) in [5.41, 5.74) is 1.89. The van der Waals surface area contributed by atoms with Gasteiger partial charge in [0.1, 0.15) is 0 Å². The molecule has 1 N–H and O–H groups in total. The van der Waals surface area contributed by atoms with Crippen LogP contribution in [0.3, 0.4) is 0 Å². The molecule has 1 aromatic carbocycles. The van der Waals surface area contributed by atoms with Crippen LogP contribution < -0.4 is 5.32 Å². The predicted molar refractivity (Wildman–Crippen MR) is 80.0 cm³/mol. The van der Waals surface area contributed by atoms with Crippen LogP contribution in [0.4, 0.5) is 0 Å². The van der Waals surface area contributed by atoms with Crippen LogP contribution in [0.5, 0.6) is 0 Å². The summed E-state index contributed by atoms with van der Waals surface area (Å²) >= 11 is 0. The third kappa shape index (κ3) is 3.35. The van der Waals surface area contributed by atoms with Crippen molar-refractivity contribution in [1.82, 2.24) is 20.5 Å². The minimum absolute atomic E-state index is 0.0337. The maximum absolute atomic E-state index is 12.0. The second-order valence-electron chi connectivity index (χ2n) is 4.64. The number of carbonyl (C=O) groups excluding carboxylic acids is 1. The van der Waals surface area contributed by atoms with Crippen LogP contribution in [0.1, 0.15) is 16.2 Å². The number of pyridine rings is 1. The summed E-state index contributed by atoms with van der Waals surface area (Å²) in [6.45, 7) is 0.492. The van der Waals surface area contributed by atoms with Crippen LogP contribution in [0.25, 0.3) is 11.5 Å². The molecule has 0 spiro atoms. The van der Waals surface area contributed by atoms with Crippen molar-refractivity contribution >= 4 is 5.91 Å². The van der Waals surface area contributed by atoms with Crippen LogP contribution >= 0.6 is 0 Å². The van der Waals surface area contributed by atoms with Crippen molar-refractivity contribution in [2.24, 2.45) is 0 Å². The summed E-state index contributed by atoms with van der Waals surface area (Å²) in [6, 6.07) is 13.1. The highest BCUT2D eigenvalue weighted by Crippen LogP contribution is 2.16. The Hall–Kier alpha value is -3.02. The first-order valence-corrected chi connectivity index (χ1v) is 6.89. The zero-order valence-corrected chi connectivity index (χ0v) is 11.8. The van der Waals surface area contributed by atoms with Gasteiger partial charge in [0.2, 0.25) is 5.89 Å². The van der Waals surface area contributed by atoms with Crippen molar-refractivity contribution in [2.75, 3.05) is 6.54 Å². The summed E-state index contributed by atoms with van der Waals surface area (Å²) in [4.78, 5) is 15.9. The first-order chi connectivity index (χ1) is 10.8. The number of hydrogen-bond donors (Lipinski definition) is 1. The lowest BCUT2D eigenvalue weighted by atomic mass is 10.2. The number of carbonyl (C=O) groups is 1. The second kappa shape index (κ2) is 6.62. The predicted octanol–water partition coefficient (Wildman–Crippen LogP) is 2.10. The van der Waals surface area contributed by atoms with Gasteiger partial charge in [-0.3, -0.25) is 9.78 Å². The van der Waals surface area contributed by atoms with E-state index in [2.05, 4.69) is 20.5 Å². The third-order valence-corrected chi connectivity index (χ3v) is 3.09. The fourth-order valence-corrected chi connectivity index (χ4v) is 1.96. The summed E-state index contributed by atoms with van der Waals surface area (Å²) in [5.74, 6) is -0.0720. The molecule has 0 radical (unpaired) electrons. The van der Waals surface area contributed by atoms with Gasteiger partial charge in [0.25, 0.3) is 0 Å². The van der Waals surface area contributed by atoms with Gasteiger partial charge < -0.3 is 9.73 Å². The molecule has 0 atom stereocenters. The highest BCUT2D eigenvalue weighted by molar-refractivity contribution is 5.89. The largest absolute Gasteiger partial charge is 0.412 e. The molecular weight excluding hydrogens is 280 g/mol. The fourth-order valence-electron chi connectivity index (χ4n) is 1.96. The smallest absolute Gasteiger partial charge is 0.308 e. The van der Waals surface area contributed by atoms with Gasteiger partial charge in [0, 0.05) is 24.5 Å². The molecule has 0 unspecified atom stereocenters. The lowest BCUT2D eigenvalue weighted by Gasteiger charge is -2.02. The van der Waals surface area contributed by atoms with Gasteiger partial charge in [-0.2, -0.15) is 0 Å². The molecule has 2 aromatic heterocycles. The molecule has 6 nitrogen and oxygen atoms in total. The number of amides is 1. The lowest BCUT2D eigenvalue weighted by molar-refractivity contribution is 0.0920. The zero-order valence-electron chi connectivity index (χ0n) is 11.8. The molecule has 0 aliphatic rings. The average Bonchev–Trinajstić information content (AvgIpc) is 3.07. The number of nitrogens with zero attached hydrogens (tertiary/aromatic N) is 3. The van der Waals surface area contributed by atoms with E-state index in [1.807, 2.05) is 42.5 Å². The van der Waals surface area contributed by atoms with Crippen molar-refractivity contribution in [3.8, 4) is 11.5 Å². The molecule has 22 heavy (non-hydrogen) atoms. The number of benzene rings is 1. The lowest BCUT2D eigenvalue weighted by Crippen LogP contribution is -2.26. The summed E-state index contributed by atoms with van der Waals surface area (Å²) in [7, 11) is 0. The first kappa shape index (κ1) is 13.9. The van der Waals surface area contributed by atoms with E-state index in [1.165, 1.54) is 0 Å². The van der Waals surface area contributed by atoms with Gasteiger partial charge in [0.15, 0.2) is 0 Å². The van der Waals surface area contributed by atoms with Crippen LogP contribution in [0.15, 0.2) is 59.3 Å². The SMILES string of the molecule is O=C(NCCc1ccncc1)c1nnc(-c2ccccc2)o1. The summed E-state index contributed by atoms with van der Waals surface area (Å²) in [6.07, 6.45) is 4.16. The van der Waals surface area contributed by atoms with E-state index in [4.69, 9.17) is 4.42 Å². The van der Waals surface area contributed by atoms with Crippen LogP contribution in [0, 0.1) is 0 Å². The van der Waals surface area contributed by atoms with Gasteiger partial charge in [0.05, 0.1) is 0 Å². The molecule has 0 aliphatic carbocycles. The number of aromatic nitrogens is 3. The topological polar surface area (TPSA) is 80.9 Å². The van der Waals surface area contributed by atoms with E-state index in [-0.39, 0.29) is 11.8 Å². The quantitative estimate of drug-likeness (QED) is 0.779. The maximum atomic E-state index is 12.0. The van der Waals surface area contributed by atoms with Crippen molar-refractivity contribution < 1.29 is 9.21 Å². The van der Waals surface area contributed by atoms with E-state index in [0.29, 0.717) is 18.9 Å². The first-order valence-electron chi connectivity index (χ1n) is 6.89. The molecule has 0 saturated heterocycles. The molecule has 0 fully saturated rings. The van der Waals surface area contributed by atoms with Crippen LogP contribution in [0.2, 0.25) is 0 Å². The average molecular weight is 294 g/mol. The monoisotopic (exact) mass is 294 g/mol. The minimum Gasteiger partial charge on any atom is -0.412 e. The van der Waals surface area contributed by atoms with Crippen LogP contribution in [-0.2, 0) is 6.42 Å². The Morgan fingerprint density at radius 3 is 2.59 bits per heavy atom. The second-order valence-corrected chi connectivity index (χ2v) is 4.64. The van der Waals surface area contributed by atoms with Crippen molar-refractivity contribution in [3.05, 3.63) is 66.3 Å². The van der Waals surface area contributed by atoms with Gasteiger partial charge in [-0.25, -0.2) is 0 Å². The highest BCUT2D eigenvalue weighted by atomic mass is 16.4. The van der Waals surface area contributed by atoms with Gasteiger partial charge in [-0.1, -0.05) is 18.2 Å². The molecule has 3 aromatic rings. The van der Waals surface area contributed by atoms with Gasteiger partial charge >= 0.3 is 11.8 Å². The molecule has 6 heteroatoms. The van der Waals surface area contributed by atoms with Gasteiger partial charge in [-0.05, 0) is 36.2 Å². The Kier molecular flexibility index (Phi) is 4.20. The maximum Gasteiger partial charge on any atom is 0.308 e. The molecular formula is C16H14N4O2. The van der Waals surface area contributed by atoms with Crippen molar-refractivity contribution in [2.45, 2.75) is 6.42 Å². The third-order valence-electron chi connectivity index (χ3n) is 3.09. The Morgan fingerprint density at radius 2 is 1.82 bits per heavy atom. The Bertz CT molecular complexity index is 741. The van der Waals surface area contributed by atoms with Crippen LogP contribution in [-0.4, -0.2) is 27.6 Å². The summed E-state index contributed by atoms with van der Waals surface area (Å²) in [5, 5.41) is 10.4. The Morgan fingerprint density at radius 1 is 1.05 bits per heavy atom. The number of nitrogens with one attached hydrogen (secondary N) is 1. The molecule has 3 rings (SSSR count). The van der Waals surface area contributed by atoms with E-state index in [0.717, 1.165) is 11.1 Å². The van der Waals surface area contributed by atoms with E-state index in [1.54, 1.807) is 12.4 Å². The standard InChI is InChI=1S/C16H14N4O2/c21-14(18-11-8-12-6-9-17-10-7-12)16-20-19-15(22-16)13-4-2-1-3-5-13/h1-7,9-10H,8,11H2,(H,18,21). The number of hydrogen-bond acceptors (Lipinski definition) is 5. The van der Waals surface area contributed by atoms with Gasteiger partial charge in [-0.15, -0.1) is 10.2 Å². The molecule has 0 bridgehead atoms. The summed E-state index contributed by atoms with van der Waals surface area (Å²) < 4.78 is 5.39. The fraction of sp³-hybridized carbons (Fsp3) is 0.125. The van der Waals surface area contributed by atoms with E-state index < -0.39 is 0 Å². The molecule has 110 valence electrons. The van der Waals surface area contributed by atoms with Crippen molar-refractivity contribution in [1.29, 1.82) is 0 Å². The zero-order chi connectivity index (χ0) is 15.2. The van der Waals surface area contributed by atoms with E-state index >= 15 is 0 Å².